The molecular formula is C10H17N3O2S. The third-order valence-electron chi connectivity index (χ3n) is 1.87. The second-order valence-electron chi connectivity index (χ2n) is 3.55. The van der Waals surface area contributed by atoms with Gasteiger partial charge in [0, 0.05) is 19.6 Å². The Morgan fingerprint density at radius 1 is 1.62 bits per heavy atom. The Bertz CT molecular complexity index is 339. The van der Waals surface area contributed by atoms with Gasteiger partial charge < -0.3 is 15.7 Å². The molecular weight excluding hydrogens is 226 g/mol. The van der Waals surface area contributed by atoms with Crippen LogP contribution < -0.4 is 10.6 Å². The summed E-state index contributed by atoms with van der Waals surface area (Å²) in [5.74, 6) is -0.0931. The van der Waals surface area contributed by atoms with Crippen molar-refractivity contribution in [2.75, 3.05) is 19.6 Å². The molecule has 1 unspecified atom stereocenters. The van der Waals surface area contributed by atoms with E-state index in [4.69, 9.17) is 5.11 Å². The number of nitrogens with one attached hydrogen (secondary N) is 2. The lowest BCUT2D eigenvalue weighted by molar-refractivity contribution is 0.0957. The monoisotopic (exact) mass is 243 g/mol. The van der Waals surface area contributed by atoms with Crippen molar-refractivity contribution >= 4 is 17.2 Å². The lowest BCUT2D eigenvalue weighted by Crippen LogP contribution is -2.34. The minimum Gasteiger partial charge on any atom is -0.392 e. The van der Waals surface area contributed by atoms with Gasteiger partial charge in [-0.25, -0.2) is 4.98 Å². The molecule has 1 aromatic heterocycles. The Labute approximate surface area is 98.9 Å². The zero-order chi connectivity index (χ0) is 12.0. The first-order chi connectivity index (χ1) is 7.59. The van der Waals surface area contributed by atoms with Gasteiger partial charge in [-0.05, 0) is 13.8 Å². The molecule has 1 amide bonds. The normalized spacial score (nSPS) is 12.4. The summed E-state index contributed by atoms with van der Waals surface area (Å²) in [7, 11) is 0. The Morgan fingerprint density at radius 2 is 2.38 bits per heavy atom. The van der Waals surface area contributed by atoms with Crippen LogP contribution in [-0.4, -0.2) is 41.7 Å². The average molecular weight is 243 g/mol. The third-order valence-corrected chi connectivity index (χ3v) is 2.78. The first-order valence-corrected chi connectivity index (χ1v) is 6.00. The van der Waals surface area contributed by atoms with Crippen LogP contribution in [0.25, 0.3) is 0 Å². The van der Waals surface area contributed by atoms with Crippen molar-refractivity contribution in [2.24, 2.45) is 0 Å². The van der Waals surface area contributed by atoms with Crippen molar-refractivity contribution in [2.45, 2.75) is 20.0 Å². The maximum Gasteiger partial charge on any atom is 0.263 e. The Balaban J connectivity index is 2.16. The van der Waals surface area contributed by atoms with Crippen molar-refractivity contribution in [1.29, 1.82) is 0 Å². The van der Waals surface area contributed by atoms with E-state index in [0.717, 1.165) is 5.01 Å². The number of hydrogen-bond donors (Lipinski definition) is 3. The highest BCUT2D eigenvalue weighted by atomic mass is 32.1. The number of aromatic nitrogens is 1. The van der Waals surface area contributed by atoms with E-state index >= 15 is 0 Å². The fourth-order valence-electron chi connectivity index (χ4n) is 1.13. The van der Waals surface area contributed by atoms with Crippen LogP contribution in [0.2, 0.25) is 0 Å². The van der Waals surface area contributed by atoms with Crippen molar-refractivity contribution in [1.82, 2.24) is 15.6 Å². The van der Waals surface area contributed by atoms with Crippen LogP contribution in [0.4, 0.5) is 0 Å². The lowest BCUT2D eigenvalue weighted by Gasteiger charge is -2.07. The minimum absolute atomic E-state index is 0.0931. The number of carbonyl (C=O) groups excluding carboxylic acids is 1. The molecule has 0 aliphatic heterocycles. The molecule has 3 N–H and O–H groups in total. The molecule has 0 aromatic carbocycles. The predicted molar refractivity (Wildman–Crippen MR) is 63.7 cm³/mol. The molecule has 5 nitrogen and oxygen atoms in total. The van der Waals surface area contributed by atoms with E-state index in [9.17, 15) is 4.79 Å². The van der Waals surface area contributed by atoms with Gasteiger partial charge in [-0.1, -0.05) is 0 Å². The molecule has 0 fully saturated rings. The second-order valence-corrected chi connectivity index (χ2v) is 4.79. The highest BCUT2D eigenvalue weighted by molar-refractivity contribution is 7.13. The number of aryl methyl sites for hydroxylation is 1. The molecule has 1 heterocycles. The highest BCUT2D eigenvalue weighted by Crippen LogP contribution is 2.10. The summed E-state index contributed by atoms with van der Waals surface area (Å²) in [6.45, 7) is 5.31. The quantitative estimate of drug-likeness (QED) is 0.622. The summed E-state index contributed by atoms with van der Waals surface area (Å²) in [5.41, 5.74) is 0. The Hall–Kier alpha value is -0.980. The maximum absolute atomic E-state index is 11.5. The predicted octanol–water partition coefficient (Wildman–Crippen LogP) is 0.152. The molecule has 0 radical (unpaired) electrons. The highest BCUT2D eigenvalue weighted by Gasteiger charge is 2.07. The van der Waals surface area contributed by atoms with Crippen LogP contribution in [0.3, 0.4) is 0 Å². The average Bonchev–Trinajstić information content (AvgIpc) is 2.63. The molecule has 0 saturated heterocycles. The van der Waals surface area contributed by atoms with Gasteiger partial charge in [-0.3, -0.25) is 4.79 Å². The standard InChI is InChI=1S/C10H17N3O2S/c1-7(14)5-11-3-4-12-10(15)9-6-13-8(2)16-9/h6-7,11,14H,3-5H2,1-2H3,(H,12,15). The Kier molecular flexibility index (Phi) is 5.37. The molecule has 1 aromatic rings. The molecule has 0 saturated carbocycles. The zero-order valence-electron chi connectivity index (χ0n) is 9.49. The maximum atomic E-state index is 11.5. The summed E-state index contributed by atoms with van der Waals surface area (Å²) >= 11 is 1.38. The molecule has 90 valence electrons. The Morgan fingerprint density at radius 3 is 2.94 bits per heavy atom. The molecule has 0 spiro atoms. The summed E-state index contributed by atoms with van der Waals surface area (Å²) in [6.07, 6.45) is 1.22. The van der Waals surface area contributed by atoms with Gasteiger partial charge in [0.25, 0.3) is 5.91 Å². The van der Waals surface area contributed by atoms with E-state index < -0.39 is 0 Å². The third kappa shape index (κ3) is 4.69. The summed E-state index contributed by atoms with van der Waals surface area (Å²) in [6, 6.07) is 0. The van der Waals surface area contributed by atoms with Crippen molar-refractivity contribution < 1.29 is 9.90 Å². The van der Waals surface area contributed by atoms with Crippen LogP contribution in [0, 0.1) is 6.92 Å². The van der Waals surface area contributed by atoms with E-state index in [0.29, 0.717) is 24.5 Å². The molecule has 0 aliphatic carbocycles. The minimum atomic E-state index is -0.361. The number of amides is 1. The molecule has 0 bridgehead atoms. The topological polar surface area (TPSA) is 74.2 Å². The van der Waals surface area contributed by atoms with E-state index in [2.05, 4.69) is 15.6 Å². The number of nitrogens with zero attached hydrogens (tertiary/aromatic N) is 1. The van der Waals surface area contributed by atoms with E-state index in [1.807, 2.05) is 6.92 Å². The van der Waals surface area contributed by atoms with Crippen molar-refractivity contribution in [3.8, 4) is 0 Å². The number of rotatable bonds is 6. The number of carbonyl (C=O) groups is 1. The van der Waals surface area contributed by atoms with Gasteiger partial charge in [0.2, 0.25) is 0 Å². The molecule has 1 atom stereocenters. The van der Waals surface area contributed by atoms with E-state index in [-0.39, 0.29) is 12.0 Å². The van der Waals surface area contributed by atoms with E-state index in [1.54, 1.807) is 13.1 Å². The van der Waals surface area contributed by atoms with Gasteiger partial charge in [0.15, 0.2) is 0 Å². The summed E-state index contributed by atoms with van der Waals surface area (Å²) in [5, 5.41) is 15.7. The van der Waals surface area contributed by atoms with Gasteiger partial charge in [0.05, 0.1) is 17.3 Å². The first-order valence-electron chi connectivity index (χ1n) is 5.19. The fraction of sp³-hybridized carbons (Fsp3) is 0.600. The SMILES string of the molecule is Cc1ncc(C(=O)NCCNCC(C)O)s1. The molecule has 16 heavy (non-hydrogen) atoms. The number of aliphatic hydroxyl groups is 1. The van der Waals surface area contributed by atoms with Crippen molar-refractivity contribution in [3.63, 3.8) is 0 Å². The van der Waals surface area contributed by atoms with Crippen LogP contribution in [-0.2, 0) is 0 Å². The van der Waals surface area contributed by atoms with Gasteiger partial charge in [0.1, 0.15) is 4.88 Å². The number of thiazole rings is 1. The van der Waals surface area contributed by atoms with Gasteiger partial charge in [-0.2, -0.15) is 0 Å². The summed E-state index contributed by atoms with van der Waals surface area (Å²) in [4.78, 5) is 16.2. The lowest BCUT2D eigenvalue weighted by atomic mass is 10.4. The molecule has 6 heteroatoms. The first kappa shape index (κ1) is 13.1. The molecule has 1 rings (SSSR count). The van der Waals surface area contributed by atoms with Crippen LogP contribution in [0.1, 0.15) is 21.6 Å². The van der Waals surface area contributed by atoms with Gasteiger partial charge in [-0.15, -0.1) is 11.3 Å². The number of hydrogen-bond acceptors (Lipinski definition) is 5. The van der Waals surface area contributed by atoms with Crippen LogP contribution in [0.5, 0.6) is 0 Å². The van der Waals surface area contributed by atoms with Crippen LogP contribution in [0.15, 0.2) is 6.20 Å². The largest absolute Gasteiger partial charge is 0.392 e. The van der Waals surface area contributed by atoms with E-state index in [1.165, 1.54) is 11.3 Å². The number of aliphatic hydroxyl groups excluding tert-OH is 1. The molecule has 0 aliphatic rings. The smallest absolute Gasteiger partial charge is 0.263 e. The summed E-state index contributed by atoms with van der Waals surface area (Å²) < 4.78 is 0. The van der Waals surface area contributed by atoms with Crippen LogP contribution >= 0.6 is 11.3 Å². The zero-order valence-corrected chi connectivity index (χ0v) is 10.3. The van der Waals surface area contributed by atoms with Gasteiger partial charge >= 0.3 is 0 Å². The van der Waals surface area contributed by atoms with Crippen molar-refractivity contribution in [3.05, 3.63) is 16.1 Å². The second kappa shape index (κ2) is 6.57. The fourth-order valence-corrected chi connectivity index (χ4v) is 1.82.